The molecular formula is C22H20N4O2S. The second-order valence-corrected chi connectivity index (χ2v) is 8.70. The first-order valence-corrected chi connectivity index (χ1v) is 10.4. The van der Waals surface area contributed by atoms with Crippen molar-refractivity contribution in [3.63, 3.8) is 0 Å². The van der Waals surface area contributed by atoms with E-state index in [0.29, 0.717) is 5.25 Å². The van der Waals surface area contributed by atoms with E-state index in [2.05, 4.69) is 27.4 Å². The molecule has 7 heteroatoms. The fraction of sp³-hybridized carbons (Fsp3) is 0.227. The Hall–Kier alpha value is -3.06. The Kier molecular flexibility index (Phi) is 4.39. The molecule has 1 aromatic carbocycles. The van der Waals surface area contributed by atoms with Crippen molar-refractivity contribution in [1.82, 2.24) is 14.5 Å². The summed E-state index contributed by atoms with van der Waals surface area (Å²) >= 11 is 1.80. The smallest absolute Gasteiger partial charge is 0.335 e. The summed E-state index contributed by atoms with van der Waals surface area (Å²) in [4.78, 5) is 23.4. The third-order valence-corrected chi connectivity index (χ3v) is 6.44. The van der Waals surface area contributed by atoms with Crippen LogP contribution in [-0.2, 0) is 0 Å². The van der Waals surface area contributed by atoms with Gasteiger partial charge in [-0.15, -0.1) is 0 Å². The Bertz CT molecular complexity index is 1090. The summed E-state index contributed by atoms with van der Waals surface area (Å²) in [5.74, 6) is -0.928. The Labute approximate surface area is 172 Å². The fourth-order valence-electron chi connectivity index (χ4n) is 4.10. The average Bonchev–Trinajstić information content (AvgIpc) is 3.42. The Balaban J connectivity index is 1.60. The van der Waals surface area contributed by atoms with Crippen LogP contribution in [0.1, 0.15) is 40.8 Å². The minimum absolute atomic E-state index is 0.0147. The molecule has 0 spiro atoms. The van der Waals surface area contributed by atoms with Crippen LogP contribution in [-0.4, -0.2) is 42.5 Å². The van der Waals surface area contributed by atoms with Gasteiger partial charge in [0.25, 0.3) is 0 Å². The largest absolute Gasteiger partial charge is 0.478 e. The van der Waals surface area contributed by atoms with E-state index in [4.69, 9.17) is 4.99 Å². The van der Waals surface area contributed by atoms with Crippen molar-refractivity contribution in [1.29, 1.82) is 0 Å². The molecular weight excluding hydrogens is 384 g/mol. The lowest BCUT2D eigenvalue weighted by Gasteiger charge is -2.28. The number of nitrogens with zero attached hydrogens (tertiary/aromatic N) is 4. The third-order valence-electron chi connectivity index (χ3n) is 5.34. The Morgan fingerprint density at radius 2 is 2.07 bits per heavy atom. The topological polar surface area (TPSA) is 70.7 Å². The highest BCUT2D eigenvalue weighted by Gasteiger charge is 2.44. The van der Waals surface area contributed by atoms with Gasteiger partial charge in [0.05, 0.1) is 17.3 Å². The van der Waals surface area contributed by atoms with Crippen molar-refractivity contribution >= 4 is 22.9 Å². The maximum atomic E-state index is 11.4. The van der Waals surface area contributed by atoms with Crippen LogP contribution in [0, 0.1) is 0 Å². The maximum Gasteiger partial charge on any atom is 0.335 e. The molecule has 146 valence electrons. The van der Waals surface area contributed by atoms with Crippen molar-refractivity contribution < 1.29 is 9.90 Å². The van der Waals surface area contributed by atoms with Crippen molar-refractivity contribution in [3.05, 3.63) is 83.9 Å². The van der Waals surface area contributed by atoms with Crippen LogP contribution in [0.15, 0.2) is 72.0 Å². The van der Waals surface area contributed by atoms with E-state index in [9.17, 15) is 9.90 Å². The second kappa shape index (κ2) is 7.08. The van der Waals surface area contributed by atoms with Gasteiger partial charge < -0.3 is 14.6 Å². The van der Waals surface area contributed by atoms with Crippen molar-refractivity contribution in [2.24, 2.45) is 4.99 Å². The molecule has 0 unspecified atom stereocenters. The summed E-state index contributed by atoms with van der Waals surface area (Å²) < 4.78 is 2.07. The van der Waals surface area contributed by atoms with Gasteiger partial charge in [0, 0.05) is 35.6 Å². The zero-order chi connectivity index (χ0) is 20.0. The van der Waals surface area contributed by atoms with Gasteiger partial charge in [-0.25, -0.2) is 4.79 Å². The van der Waals surface area contributed by atoms with Crippen LogP contribution in [0.4, 0.5) is 0 Å². The Morgan fingerprint density at radius 1 is 1.17 bits per heavy atom. The first-order valence-electron chi connectivity index (χ1n) is 9.55. The molecule has 2 aliphatic rings. The number of carboxylic acid groups (broad SMARTS) is 1. The number of hydrogen-bond acceptors (Lipinski definition) is 5. The molecule has 5 rings (SSSR count). The number of aromatic carboxylic acids is 1. The zero-order valence-corrected chi connectivity index (χ0v) is 16.7. The highest BCUT2D eigenvalue weighted by atomic mass is 32.2. The molecule has 0 saturated carbocycles. The van der Waals surface area contributed by atoms with Gasteiger partial charge in [0.2, 0.25) is 0 Å². The molecule has 3 atom stereocenters. The van der Waals surface area contributed by atoms with Gasteiger partial charge in [-0.3, -0.25) is 9.98 Å². The minimum Gasteiger partial charge on any atom is -0.478 e. The first kappa shape index (κ1) is 18.0. The summed E-state index contributed by atoms with van der Waals surface area (Å²) in [6, 6.07) is 17.0. The summed E-state index contributed by atoms with van der Waals surface area (Å²) in [5, 5.41) is 10.9. The standard InChI is InChI=1S/C22H20N4O2S/c1-14-13-26-20(19(24-22(26)29-14)17-8-2-3-10-23-17)18-9-5-11-25(18)16-7-4-6-15(12-16)21(27)28/h2-12,14,19-20H,13H2,1H3,(H,27,28)/t14-,19+,20-/m1/s1. The van der Waals surface area contributed by atoms with Gasteiger partial charge in [0.15, 0.2) is 5.17 Å². The number of rotatable bonds is 4. The average molecular weight is 404 g/mol. The molecule has 0 bridgehead atoms. The molecule has 4 heterocycles. The lowest BCUT2D eigenvalue weighted by Crippen LogP contribution is -2.30. The second-order valence-electron chi connectivity index (χ2n) is 7.30. The monoisotopic (exact) mass is 404 g/mol. The van der Waals surface area contributed by atoms with Gasteiger partial charge >= 0.3 is 5.97 Å². The molecule has 1 saturated heterocycles. The lowest BCUT2D eigenvalue weighted by molar-refractivity contribution is 0.0697. The number of pyridine rings is 1. The summed E-state index contributed by atoms with van der Waals surface area (Å²) in [6.45, 7) is 3.14. The zero-order valence-electron chi connectivity index (χ0n) is 15.8. The molecule has 0 radical (unpaired) electrons. The number of aliphatic imine (C=N–C) groups is 1. The van der Waals surface area contributed by atoms with E-state index in [-0.39, 0.29) is 17.6 Å². The normalized spacial score (nSPS) is 23.1. The predicted octanol–water partition coefficient (Wildman–Crippen LogP) is 4.16. The highest BCUT2D eigenvalue weighted by molar-refractivity contribution is 8.14. The third kappa shape index (κ3) is 3.11. The molecule has 2 aliphatic heterocycles. The van der Waals surface area contributed by atoms with Crippen LogP contribution >= 0.6 is 11.8 Å². The van der Waals surface area contributed by atoms with Gasteiger partial charge in [-0.1, -0.05) is 30.8 Å². The summed E-state index contributed by atoms with van der Waals surface area (Å²) in [6.07, 6.45) is 3.79. The van der Waals surface area contributed by atoms with E-state index >= 15 is 0 Å². The predicted molar refractivity (Wildman–Crippen MR) is 114 cm³/mol. The number of aromatic nitrogens is 2. The quantitative estimate of drug-likeness (QED) is 0.707. The van der Waals surface area contributed by atoms with E-state index in [1.165, 1.54) is 0 Å². The number of hydrogen-bond donors (Lipinski definition) is 1. The molecule has 1 N–H and O–H groups in total. The fourth-order valence-corrected chi connectivity index (χ4v) is 5.19. The number of carboxylic acids is 1. The molecule has 3 aromatic rings. The Morgan fingerprint density at radius 3 is 2.86 bits per heavy atom. The first-order chi connectivity index (χ1) is 14.1. The van der Waals surface area contributed by atoms with Crippen LogP contribution in [0.3, 0.4) is 0 Å². The SMILES string of the molecule is C[C@@H]1CN2C(=N[C@@H](c3ccccn3)[C@H]2c2cccn2-c2cccc(C(=O)O)c2)S1. The number of thioether (sulfide) groups is 1. The summed E-state index contributed by atoms with van der Waals surface area (Å²) in [7, 11) is 0. The minimum atomic E-state index is -0.928. The number of fused-ring (bicyclic) bond motifs is 1. The number of benzene rings is 1. The van der Waals surface area contributed by atoms with Crippen molar-refractivity contribution in [3.8, 4) is 5.69 Å². The molecule has 6 nitrogen and oxygen atoms in total. The van der Waals surface area contributed by atoms with Crippen molar-refractivity contribution in [2.75, 3.05) is 6.54 Å². The molecule has 2 aromatic heterocycles. The summed E-state index contributed by atoms with van der Waals surface area (Å²) in [5.41, 5.74) is 3.13. The van der Waals surface area contributed by atoms with Crippen LogP contribution < -0.4 is 0 Å². The van der Waals surface area contributed by atoms with Crippen LogP contribution in [0.2, 0.25) is 0 Å². The van der Waals surface area contributed by atoms with Crippen molar-refractivity contribution in [2.45, 2.75) is 24.3 Å². The number of amidine groups is 1. The van der Waals surface area contributed by atoms with Gasteiger partial charge in [-0.05, 0) is 42.5 Å². The van der Waals surface area contributed by atoms with Crippen LogP contribution in [0.25, 0.3) is 5.69 Å². The maximum absolute atomic E-state index is 11.4. The van der Waals surface area contributed by atoms with E-state index in [1.54, 1.807) is 36.2 Å². The lowest BCUT2D eigenvalue weighted by atomic mass is 10.0. The molecule has 29 heavy (non-hydrogen) atoms. The van der Waals surface area contributed by atoms with E-state index in [1.807, 2.05) is 36.5 Å². The number of carbonyl (C=O) groups is 1. The molecule has 0 aliphatic carbocycles. The van der Waals surface area contributed by atoms with Crippen LogP contribution in [0.5, 0.6) is 0 Å². The van der Waals surface area contributed by atoms with E-state index in [0.717, 1.165) is 28.8 Å². The molecule has 0 amide bonds. The molecule has 1 fully saturated rings. The van der Waals surface area contributed by atoms with Gasteiger partial charge in [0.1, 0.15) is 6.04 Å². The highest BCUT2D eigenvalue weighted by Crippen LogP contribution is 2.47. The van der Waals surface area contributed by atoms with E-state index < -0.39 is 5.97 Å². The van der Waals surface area contributed by atoms with Gasteiger partial charge in [-0.2, -0.15) is 0 Å².